The van der Waals surface area contributed by atoms with Crippen molar-refractivity contribution in [3.63, 3.8) is 0 Å². The zero-order valence-corrected chi connectivity index (χ0v) is 8.72. The maximum atomic E-state index is 11.7. The van der Waals surface area contributed by atoms with Gasteiger partial charge in [0.15, 0.2) is 0 Å². The number of hydrogen-bond donors (Lipinski definition) is 3. The third kappa shape index (κ3) is 2.56. The van der Waals surface area contributed by atoms with E-state index >= 15 is 0 Å². The van der Waals surface area contributed by atoms with Gasteiger partial charge in [-0.25, -0.2) is 0 Å². The predicted molar refractivity (Wildman–Crippen MR) is 55.0 cm³/mol. The number of H-pyrrole nitrogens is 1. The molecule has 0 saturated heterocycles. The minimum absolute atomic E-state index is 0.0800. The Balaban J connectivity index is 2.57. The van der Waals surface area contributed by atoms with Crippen LogP contribution < -0.4 is 10.6 Å². The summed E-state index contributed by atoms with van der Waals surface area (Å²) < 4.78 is 0. The molecule has 0 unspecified atom stereocenters. The Kier molecular flexibility index (Phi) is 3.24. The van der Waals surface area contributed by atoms with Crippen molar-refractivity contribution in [3.8, 4) is 0 Å². The highest BCUT2D eigenvalue weighted by molar-refractivity contribution is 5.96. The fourth-order valence-corrected chi connectivity index (χ4v) is 1.13. The minimum atomic E-state index is -0.570. The van der Waals surface area contributed by atoms with Crippen LogP contribution in [0.2, 0.25) is 0 Å². The first-order chi connectivity index (χ1) is 6.56. The summed E-state index contributed by atoms with van der Waals surface area (Å²) in [5.41, 5.74) is -0.570. The normalized spacial score (nSPS) is 11.4. The van der Waals surface area contributed by atoms with Crippen molar-refractivity contribution in [1.29, 1.82) is 0 Å². The number of carbonyl (C=O) groups is 1. The molecule has 0 atom stereocenters. The topological polar surface area (TPSA) is 69.8 Å². The fraction of sp³-hybridized carbons (Fsp3) is 0.556. The van der Waals surface area contributed by atoms with E-state index in [9.17, 15) is 4.79 Å². The summed E-state index contributed by atoms with van der Waals surface area (Å²) in [5, 5.41) is 12.2. The molecule has 0 aliphatic carbocycles. The zero-order chi connectivity index (χ0) is 10.6. The molecule has 1 aromatic heterocycles. The summed E-state index contributed by atoms with van der Waals surface area (Å²) in [7, 11) is 0. The van der Waals surface area contributed by atoms with E-state index in [0.717, 1.165) is 6.54 Å². The summed E-state index contributed by atoms with van der Waals surface area (Å²) in [6, 6.07) is 1.71. The van der Waals surface area contributed by atoms with Gasteiger partial charge in [-0.15, -0.1) is 0 Å². The van der Waals surface area contributed by atoms with Crippen LogP contribution in [0, 0.1) is 0 Å². The van der Waals surface area contributed by atoms with Gasteiger partial charge < -0.3 is 10.6 Å². The smallest absolute Gasteiger partial charge is 0.245 e. The number of likely N-dealkylation sites (N-methyl/N-ethyl adjacent to an activating group) is 1. The van der Waals surface area contributed by atoms with Crippen molar-refractivity contribution in [2.24, 2.45) is 0 Å². The van der Waals surface area contributed by atoms with E-state index < -0.39 is 5.54 Å². The number of aromatic nitrogens is 2. The van der Waals surface area contributed by atoms with Gasteiger partial charge in [-0.3, -0.25) is 9.89 Å². The van der Waals surface area contributed by atoms with Crippen LogP contribution in [0.1, 0.15) is 20.8 Å². The van der Waals surface area contributed by atoms with Crippen molar-refractivity contribution in [3.05, 3.63) is 12.3 Å². The third-order valence-electron chi connectivity index (χ3n) is 1.94. The van der Waals surface area contributed by atoms with E-state index in [0.29, 0.717) is 5.82 Å². The van der Waals surface area contributed by atoms with E-state index in [2.05, 4.69) is 20.8 Å². The van der Waals surface area contributed by atoms with E-state index in [4.69, 9.17) is 0 Å². The first kappa shape index (κ1) is 10.7. The van der Waals surface area contributed by atoms with Gasteiger partial charge in [-0.05, 0) is 20.4 Å². The highest BCUT2D eigenvalue weighted by atomic mass is 16.2. The number of anilines is 1. The molecule has 1 aromatic rings. The Bertz CT molecular complexity index is 292. The second kappa shape index (κ2) is 4.23. The van der Waals surface area contributed by atoms with Crippen LogP contribution in [0.4, 0.5) is 5.82 Å². The molecule has 1 heterocycles. The number of amides is 1. The lowest BCUT2D eigenvalue weighted by Gasteiger charge is -2.23. The molecule has 5 heteroatoms. The monoisotopic (exact) mass is 196 g/mol. The molecule has 0 aliphatic rings. The molecule has 0 spiro atoms. The van der Waals surface area contributed by atoms with Gasteiger partial charge in [-0.1, -0.05) is 6.92 Å². The van der Waals surface area contributed by atoms with Crippen LogP contribution in [0.25, 0.3) is 0 Å². The fourth-order valence-electron chi connectivity index (χ4n) is 1.13. The van der Waals surface area contributed by atoms with Gasteiger partial charge in [0, 0.05) is 6.07 Å². The van der Waals surface area contributed by atoms with E-state index in [1.807, 2.05) is 20.8 Å². The van der Waals surface area contributed by atoms with E-state index in [1.54, 1.807) is 12.3 Å². The number of nitrogens with zero attached hydrogens (tertiary/aromatic N) is 1. The first-order valence-corrected chi connectivity index (χ1v) is 4.62. The molecule has 0 bridgehead atoms. The summed E-state index contributed by atoms with van der Waals surface area (Å²) >= 11 is 0. The van der Waals surface area contributed by atoms with Gasteiger partial charge in [-0.2, -0.15) is 5.10 Å². The quantitative estimate of drug-likeness (QED) is 0.665. The molecule has 0 aromatic carbocycles. The molecule has 3 N–H and O–H groups in total. The van der Waals surface area contributed by atoms with Gasteiger partial charge in [0.2, 0.25) is 5.91 Å². The van der Waals surface area contributed by atoms with E-state index in [-0.39, 0.29) is 5.91 Å². The van der Waals surface area contributed by atoms with Crippen molar-refractivity contribution in [2.45, 2.75) is 26.3 Å². The van der Waals surface area contributed by atoms with Crippen LogP contribution in [0.5, 0.6) is 0 Å². The number of rotatable bonds is 4. The van der Waals surface area contributed by atoms with Crippen LogP contribution in [-0.4, -0.2) is 28.2 Å². The average Bonchev–Trinajstić information content (AvgIpc) is 2.56. The van der Waals surface area contributed by atoms with Gasteiger partial charge >= 0.3 is 0 Å². The zero-order valence-electron chi connectivity index (χ0n) is 8.72. The minimum Gasteiger partial charge on any atom is -0.309 e. The molecular weight excluding hydrogens is 180 g/mol. The van der Waals surface area contributed by atoms with Crippen molar-refractivity contribution >= 4 is 11.7 Å². The maximum absolute atomic E-state index is 11.7. The molecule has 0 aliphatic heterocycles. The summed E-state index contributed by atoms with van der Waals surface area (Å²) in [6.07, 6.45) is 1.59. The van der Waals surface area contributed by atoms with E-state index in [1.165, 1.54) is 0 Å². The molecule has 5 nitrogen and oxygen atoms in total. The Morgan fingerprint density at radius 3 is 2.86 bits per heavy atom. The summed E-state index contributed by atoms with van der Waals surface area (Å²) in [5.74, 6) is 0.532. The van der Waals surface area contributed by atoms with Gasteiger partial charge in [0.25, 0.3) is 0 Å². The average molecular weight is 196 g/mol. The third-order valence-corrected chi connectivity index (χ3v) is 1.94. The molecule has 0 saturated carbocycles. The Morgan fingerprint density at radius 2 is 2.36 bits per heavy atom. The SMILES string of the molecule is CCNC(C)(C)C(=O)Nc1ccn[nH]1. The number of nitrogens with one attached hydrogen (secondary N) is 3. The predicted octanol–water partition coefficient (Wildman–Crippen LogP) is 0.736. The van der Waals surface area contributed by atoms with Crippen LogP contribution in [0.15, 0.2) is 12.3 Å². The van der Waals surface area contributed by atoms with Gasteiger partial charge in [0.05, 0.1) is 11.7 Å². The first-order valence-electron chi connectivity index (χ1n) is 4.62. The van der Waals surface area contributed by atoms with Crippen LogP contribution >= 0.6 is 0 Å². The maximum Gasteiger partial charge on any atom is 0.245 e. The number of aromatic amines is 1. The standard InChI is InChI=1S/C9H16N4O/c1-4-10-9(2,3)8(14)12-7-5-6-11-13-7/h5-6,10H,4H2,1-3H3,(H2,11,12,13,14). The lowest BCUT2D eigenvalue weighted by Crippen LogP contribution is -2.49. The lowest BCUT2D eigenvalue weighted by molar-refractivity contribution is -0.121. The van der Waals surface area contributed by atoms with Gasteiger partial charge in [0.1, 0.15) is 5.82 Å². The molecular formula is C9H16N4O. The number of hydrogen-bond acceptors (Lipinski definition) is 3. The molecule has 0 fully saturated rings. The van der Waals surface area contributed by atoms with Crippen molar-refractivity contribution < 1.29 is 4.79 Å². The summed E-state index contributed by atoms with van der Waals surface area (Å²) in [4.78, 5) is 11.7. The number of carbonyl (C=O) groups excluding carboxylic acids is 1. The van der Waals surface area contributed by atoms with Crippen molar-refractivity contribution in [2.75, 3.05) is 11.9 Å². The van der Waals surface area contributed by atoms with Crippen LogP contribution in [-0.2, 0) is 4.79 Å². The molecule has 0 radical (unpaired) electrons. The second-order valence-corrected chi connectivity index (χ2v) is 3.58. The molecule has 14 heavy (non-hydrogen) atoms. The Hall–Kier alpha value is -1.36. The molecule has 78 valence electrons. The Labute approximate surface area is 83.3 Å². The summed E-state index contributed by atoms with van der Waals surface area (Å²) in [6.45, 7) is 6.39. The van der Waals surface area contributed by atoms with Crippen molar-refractivity contribution in [1.82, 2.24) is 15.5 Å². The van der Waals surface area contributed by atoms with Crippen LogP contribution in [0.3, 0.4) is 0 Å². The largest absolute Gasteiger partial charge is 0.309 e. The second-order valence-electron chi connectivity index (χ2n) is 3.58. The lowest BCUT2D eigenvalue weighted by atomic mass is 10.1. The molecule has 1 rings (SSSR count). The highest BCUT2D eigenvalue weighted by Crippen LogP contribution is 2.07. The highest BCUT2D eigenvalue weighted by Gasteiger charge is 2.26. The molecule has 1 amide bonds. The Morgan fingerprint density at radius 1 is 1.64 bits per heavy atom.